The number of nitrogens with zero attached hydrogens (tertiary/aromatic N) is 1. The van der Waals surface area contributed by atoms with E-state index in [2.05, 4.69) is 10.0 Å². The number of likely N-dealkylation sites (tertiary alicyclic amines) is 1. The largest absolute Gasteiger partial charge is 0.353 e. The predicted molar refractivity (Wildman–Crippen MR) is 129 cm³/mol. The lowest BCUT2D eigenvalue weighted by molar-refractivity contribution is -0.122. The number of piperidine rings is 1. The van der Waals surface area contributed by atoms with Crippen LogP contribution in [0.2, 0.25) is 5.02 Å². The number of nitrogens with one attached hydrogen (secondary N) is 2. The van der Waals surface area contributed by atoms with E-state index in [-0.39, 0.29) is 39.4 Å². The molecule has 178 valence electrons. The summed E-state index contributed by atoms with van der Waals surface area (Å²) in [6.45, 7) is 4.37. The van der Waals surface area contributed by atoms with Gasteiger partial charge in [0.1, 0.15) is 0 Å². The van der Waals surface area contributed by atoms with Crippen LogP contribution in [0.5, 0.6) is 0 Å². The van der Waals surface area contributed by atoms with Gasteiger partial charge in [-0.15, -0.1) is 0 Å². The molecule has 9 heteroatoms. The fourth-order valence-corrected chi connectivity index (χ4v) is 5.29. The van der Waals surface area contributed by atoms with Crippen molar-refractivity contribution in [3.8, 4) is 0 Å². The van der Waals surface area contributed by atoms with Crippen LogP contribution in [0.15, 0.2) is 53.4 Å². The summed E-state index contributed by atoms with van der Waals surface area (Å²) in [6, 6.07) is 13.8. The number of carbonyl (C=O) groups is 2. The van der Waals surface area contributed by atoms with Gasteiger partial charge in [-0.3, -0.25) is 9.59 Å². The van der Waals surface area contributed by atoms with Crippen LogP contribution >= 0.6 is 11.6 Å². The van der Waals surface area contributed by atoms with E-state index in [1.165, 1.54) is 18.2 Å². The van der Waals surface area contributed by atoms with Gasteiger partial charge in [0.25, 0.3) is 5.91 Å². The SMILES string of the molecule is CC(C)NS(=O)(=O)c1ccc(Cl)c(C(=O)N2CCC(NC(=O)CCc3ccccc3)CC2)c1. The fraction of sp³-hybridized carbons (Fsp3) is 0.417. The van der Waals surface area contributed by atoms with E-state index in [9.17, 15) is 18.0 Å². The molecule has 0 unspecified atom stereocenters. The minimum atomic E-state index is -3.74. The first-order valence-electron chi connectivity index (χ1n) is 11.1. The smallest absolute Gasteiger partial charge is 0.255 e. The van der Waals surface area contributed by atoms with Crippen molar-refractivity contribution in [2.45, 2.75) is 56.5 Å². The zero-order valence-corrected chi connectivity index (χ0v) is 20.5. The van der Waals surface area contributed by atoms with Crippen molar-refractivity contribution < 1.29 is 18.0 Å². The van der Waals surface area contributed by atoms with Crippen LogP contribution < -0.4 is 10.0 Å². The van der Waals surface area contributed by atoms with Gasteiger partial charge in [0.15, 0.2) is 0 Å². The van der Waals surface area contributed by atoms with Crippen LogP contribution in [0.25, 0.3) is 0 Å². The second kappa shape index (κ2) is 11.1. The zero-order chi connectivity index (χ0) is 24.0. The summed E-state index contributed by atoms with van der Waals surface area (Å²) >= 11 is 6.23. The minimum absolute atomic E-state index is 0.00207. The second-order valence-corrected chi connectivity index (χ2v) is 10.7. The second-order valence-electron chi connectivity index (χ2n) is 8.54. The highest BCUT2D eigenvalue weighted by atomic mass is 35.5. The standard InChI is InChI=1S/C24H30ClN3O4S/c1-17(2)27-33(31,32)20-9-10-22(25)21(16-20)24(30)28-14-12-19(13-15-28)26-23(29)11-8-18-6-4-3-5-7-18/h3-7,9-10,16-17,19,27H,8,11-15H2,1-2H3,(H,26,29). The van der Waals surface area contributed by atoms with Crippen molar-refractivity contribution in [2.24, 2.45) is 0 Å². The third-order valence-electron chi connectivity index (χ3n) is 5.50. The molecular formula is C24H30ClN3O4S. The van der Waals surface area contributed by atoms with Crippen molar-refractivity contribution in [1.29, 1.82) is 0 Å². The van der Waals surface area contributed by atoms with Crippen molar-refractivity contribution in [2.75, 3.05) is 13.1 Å². The molecule has 1 aliphatic rings. The zero-order valence-electron chi connectivity index (χ0n) is 18.9. The Bertz CT molecular complexity index is 1080. The normalized spacial score (nSPS) is 15.0. The van der Waals surface area contributed by atoms with E-state index >= 15 is 0 Å². The summed E-state index contributed by atoms with van der Waals surface area (Å²) in [5.41, 5.74) is 1.28. The molecule has 1 aliphatic heterocycles. The number of carbonyl (C=O) groups excluding carboxylic acids is 2. The van der Waals surface area contributed by atoms with Crippen LogP contribution in [0.4, 0.5) is 0 Å². The summed E-state index contributed by atoms with van der Waals surface area (Å²) < 4.78 is 27.5. The number of hydrogen-bond acceptors (Lipinski definition) is 4. The summed E-state index contributed by atoms with van der Waals surface area (Å²) in [5, 5.41) is 3.26. The third-order valence-corrected chi connectivity index (χ3v) is 7.49. The Kier molecular flexibility index (Phi) is 8.51. The first-order valence-corrected chi connectivity index (χ1v) is 13.0. The Balaban J connectivity index is 1.56. The highest BCUT2D eigenvalue weighted by Crippen LogP contribution is 2.24. The Labute approximate surface area is 200 Å². The number of hydrogen-bond donors (Lipinski definition) is 2. The number of sulfonamides is 1. The van der Waals surface area contributed by atoms with Gasteiger partial charge in [0.2, 0.25) is 15.9 Å². The molecule has 2 aromatic carbocycles. The van der Waals surface area contributed by atoms with E-state index in [1.54, 1.807) is 18.7 Å². The molecule has 2 N–H and O–H groups in total. The van der Waals surface area contributed by atoms with Crippen molar-refractivity contribution >= 4 is 33.4 Å². The Hall–Kier alpha value is -2.42. The molecule has 0 saturated carbocycles. The van der Waals surface area contributed by atoms with Crippen LogP contribution in [0.1, 0.15) is 49.0 Å². The molecule has 2 aromatic rings. The van der Waals surface area contributed by atoms with Gasteiger partial charge in [0, 0.05) is 31.6 Å². The summed E-state index contributed by atoms with van der Waals surface area (Å²) in [4.78, 5) is 27.0. The average Bonchev–Trinajstić information content (AvgIpc) is 2.78. The Morgan fingerprint density at radius 1 is 1.09 bits per heavy atom. The number of halogens is 1. The van der Waals surface area contributed by atoms with Crippen molar-refractivity contribution in [1.82, 2.24) is 14.9 Å². The van der Waals surface area contributed by atoms with E-state index in [0.717, 1.165) is 5.56 Å². The fourth-order valence-electron chi connectivity index (χ4n) is 3.81. The van der Waals surface area contributed by atoms with E-state index < -0.39 is 10.0 Å². The molecule has 0 spiro atoms. The molecule has 0 atom stereocenters. The average molecular weight is 492 g/mol. The molecule has 0 aliphatic carbocycles. The number of amides is 2. The number of benzene rings is 2. The molecule has 0 radical (unpaired) electrons. The number of rotatable bonds is 8. The number of aryl methyl sites for hydroxylation is 1. The first kappa shape index (κ1) is 25.2. The molecule has 7 nitrogen and oxygen atoms in total. The minimum Gasteiger partial charge on any atom is -0.353 e. The Morgan fingerprint density at radius 3 is 2.39 bits per heavy atom. The lowest BCUT2D eigenvalue weighted by atomic mass is 10.0. The molecule has 1 fully saturated rings. The lowest BCUT2D eigenvalue weighted by Crippen LogP contribution is -2.46. The maximum atomic E-state index is 13.0. The van der Waals surface area contributed by atoms with Crippen LogP contribution in [-0.2, 0) is 21.2 Å². The van der Waals surface area contributed by atoms with Crippen LogP contribution in [0, 0.1) is 0 Å². The molecule has 1 saturated heterocycles. The molecule has 2 amide bonds. The van der Waals surface area contributed by atoms with E-state index in [1.807, 2.05) is 30.3 Å². The Morgan fingerprint density at radius 2 is 1.76 bits per heavy atom. The van der Waals surface area contributed by atoms with Gasteiger partial charge in [-0.1, -0.05) is 41.9 Å². The first-order chi connectivity index (χ1) is 15.7. The summed E-state index contributed by atoms with van der Waals surface area (Å²) in [7, 11) is -3.74. The van der Waals surface area contributed by atoms with Gasteiger partial charge in [-0.25, -0.2) is 13.1 Å². The van der Waals surface area contributed by atoms with Gasteiger partial charge >= 0.3 is 0 Å². The lowest BCUT2D eigenvalue weighted by Gasteiger charge is -2.32. The molecule has 33 heavy (non-hydrogen) atoms. The molecule has 1 heterocycles. The highest BCUT2D eigenvalue weighted by Gasteiger charge is 2.27. The van der Waals surface area contributed by atoms with Crippen molar-refractivity contribution in [3.63, 3.8) is 0 Å². The molecule has 3 rings (SSSR count). The molecule has 0 aromatic heterocycles. The molecule has 0 bridgehead atoms. The van der Waals surface area contributed by atoms with Gasteiger partial charge < -0.3 is 10.2 Å². The highest BCUT2D eigenvalue weighted by molar-refractivity contribution is 7.89. The van der Waals surface area contributed by atoms with E-state index in [4.69, 9.17) is 11.6 Å². The molecular weight excluding hydrogens is 462 g/mol. The maximum absolute atomic E-state index is 13.0. The third kappa shape index (κ3) is 7.03. The summed E-state index contributed by atoms with van der Waals surface area (Å²) in [5.74, 6) is -0.308. The van der Waals surface area contributed by atoms with Gasteiger partial charge in [-0.05, 0) is 56.9 Å². The van der Waals surface area contributed by atoms with Crippen LogP contribution in [0.3, 0.4) is 0 Å². The topological polar surface area (TPSA) is 95.6 Å². The predicted octanol–water partition coefficient (Wildman–Crippen LogP) is 3.38. The maximum Gasteiger partial charge on any atom is 0.255 e. The van der Waals surface area contributed by atoms with Gasteiger partial charge in [-0.2, -0.15) is 0 Å². The van der Waals surface area contributed by atoms with E-state index in [0.29, 0.717) is 38.8 Å². The quantitative estimate of drug-likeness (QED) is 0.591. The monoisotopic (exact) mass is 491 g/mol. The van der Waals surface area contributed by atoms with Crippen LogP contribution in [-0.4, -0.2) is 50.3 Å². The summed E-state index contributed by atoms with van der Waals surface area (Å²) in [6.07, 6.45) is 2.37. The van der Waals surface area contributed by atoms with Crippen molar-refractivity contribution in [3.05, 3.63) is 64.7 Å². The van der Waals surface area contributed by atoms with Gasteiger partial charge in [0.05, 0.1) is 15.5 Å².